The number of rotatable bonds is 6. The highest BCUT2D eigenvalue weighted by molar-refractivity contribution is 5.72. The van der Waals surface area contributed by atoms with Crippen LogP contribution in [-0.4, -0.2) is 59.6 Å². The van der Waals surface area contributed by atoms with Crippen LogP contribution in [0.3, 0.4) is 0 Å². The summed E-state index contributed by atoms with van der Waals surface area (Å²) in [4.78, 5) is 6.85. The molecule has 0 amide bonds. The molecule has 0 spiro atoms. The number of nitrogens with zero attached hydrogens (tertiary/aromatic N) is 8. The highest BCUT2D eigenvalue weighted by atomic mass is 16.5. The number of likely N-dealkylation sites (tertiary alicyclic amines) is 1. The van der Waals surface area contributed by atoms with E-state index in [1.807, 2.05) is 77.7 Å². The molecule has 0 radical (unpaired) electrons. The molecule has 0 unspecified atom stereocenters. The van der Waals surface area contributed by atoms with E-state index in [-0.39, 0.29) is 6.61 Å². The third-order valence-electron chi connectivity index (χ3n) is 6.43. The van der Waals surface area contributed by atoms with Crippen LogP contribution in [0.25, 0.3) is 28.2 Å². The summed E-state index contributed by atoms with van der Waals surface area (Å²) >= 11 is 0. The molecule has 4 heterocycles. The Morgan fingerprint density at radius 1 is 0.886 bits per heavy atom. The van der Waals surface area contributed by atoms with Crippen molar-refractivity contribution in [1.29, 1.82) is 0 Å². The summed E-state index contributed by atoms with van der Waals surface area (Å²) < 4.78 is 9.93. The van der Waals surface area contributed by atoms with Crippen LogP contribution in [0.4, 0.5) is 0 Å². The lowest BCUT2D eigenvalue weighted by atomic mass is 10.1. The summed E-state index contributed by atoms with van der Waals surface area (Å²) in [5.41, 5.74) is 3.43. The molecule has 2 aromatic carbocycles. The Bertz CT molecular complexity index is 1420. The Hall–Kier alpha value is -4.11. The van der Waals surface area contributed by atoms with Gasteiger partial charge in [-0.15, -0.1) is 15.3 Å². The maximum absolute atomic E-state index is 6.23. The molecule has 0 N–H and O–H groups in total. The molecule has 1 aliphatic rings. The lowest BCUT2D eigenvalue weighted by Gasteiger charge is -2.28. The van der Waals surface area contributed by atoms with E-state index in [4.69, 9.17) is 14.9 Å². The van der Waals surface area contributed by atoms with Crippen molar-refractivity contribution in [2.45, 2.75) is 25.5 Å². The van der Waals surface area contributed by atoms with Gasteiger partial charge in [0.1, 0.15) is 6.33 Å². The first-order chi connectivity index (χ1) is 17.2. The van der Waals surface area contributed by atoms with Gasteiger partial charge < -0.3 is 9.64 Å². The van der Waals surface area contributed by atoms with Gasteiger partial charge in [-0.3, -0.25) is 0 Å². The maximum atomic E-state index is 6.23. The fourth-order valence-corrected chi connectivity index (χ4v) is 4.46. The van der Waals surface area contributed by atoms with E-state index in [2.05, 4.69) is 27.1 Å². The number of hydrogen-bond donors (Lipinski definition) is 0. The van der Waals surface area contributed by atoms with E-state index in [0.29, 0.717) is 29.2 Å². The van der Waals surface area contributed by atoms with Crippen LogP contribution in [0, 0.1) is 0 Å². The van der Waals surface area contributed by atoms with E-state index in [9.17, 15) is 0 Å². The van der Waals surface area contributed by atoms with E-state index in [1.54, 1.807) is 4.52 Å². The summed E-state index contributed by atoms with van der Waals surface area (Å²) in [5, 5.41) is 18.3. The van der Waals surface area contributed by atoms with E-state index in [0.717, 1.165) is 42.6 Å². The predicted octanol–water partition coefficient (Wildman–Crippen LogP) is 3.90. The first-order valence-electron chi connectivity index (χ1n) is 11.8. The molecule has 1 aliphatic heterocycles. The van der Waals surface area contributed by atoms with Crippen LogP contribution in [-0.2, 0) is 6.61 Å². The molecule has 0 bridgehead atoms. The molecule has 0 aliphatic carbocycles. The molecular weight excluding hydrogens is 440 g/mol. The molecule has 0 saturated carbocycles. The van der Waals surface area contributed by atoms with Crippen molar-refractivity contribution in [3.63, 3.8) is 0 Å². The third-order valence-corrected chi connectivity index (χ3v) is 6.43. The lowest BCUT2D eigenvalue weighted by molar-refractivity contribution is 0.210. The Morgan fingerprint density at radius 3 is 2.34 bits per heavy atom. The molecule has 9 nitrogen and oxygen atoms in total. The van der Waals surface area contributed by atoms with Crippen molar-refractivity contribution in [3.8, 4) is 28.4 Å². The van der Waals surface area contributed by atoms with Crippen molar-refractivity contribution in [2.24, 2.45) is 0 Å². The highest BCUT2D eigenvalue weighted by Gasteiger charge is 2.20. The Kier molecular flexibility index (Phi) is 5.67. The summed E-state index contributed by atoms with van der Waals surface area (Å²) in [5.74, 6) is 1.78. The highest BCUT2D eigenvalue weighted by Crippen LogP contribution is 2.31. The minimum absolute atomic E-state index is 0.223. The van der Waals surface area contributed by atoms with Gasteiger partial charge in [-0.25, -0.2) is 9.67 Å². The molecule has 0 atom stereocenters. The number of benzene rings is 2. The first kappa shape index (κ1) is 21.4. The second-order valence-electron chi connectivity index (χ2n) is 8.85. The Balaban J connectivity index is 1.32. The number of hydrogen-bond acceptors (Lipinski definition) is 7. The fraction of sp³-hybridized carbons (Fsp3) is 0.269. The van der Waals surface area contributed by atoms with Gasteiger partial charge in [0.25, 0.3) is 0 Å². The van der Waals surface area contributed by atoms with Gasteiger partial charge in [0.2, 0.25) is 5.88 Å². The molecule has 176 valence electrons. The second-order valence-corrected chi connectivity index (χ2v) is 8.85. The van der Waals surface area contributed by atoms with Crippen molar-refractivity contribution in [2.75, 3.05) is 20.1 Å². The van der Waals surface area contributed by atoms with E-state index in [1.165, 1.54) is 0 Å². The lowest BCUT2D eigenvalue weighted by Crippen LogP contribution is -2.31. The zero-order valence-corrected chi connectivity index (χ0v) is 19.5. The largest absolute Gasteiger partial charge is 0.468 e. The van der Waals surface area contributed by atoms with Gasteiger partial charge in [0, 0.05) is 11.1 Å². The minimum atomic E-state index is 0.223. The standard InChI is InChI=1S/C26H26N8O/c1-32-14-12-21(13-15-32)33-18-27-23(30-33)17-35-26-22(19-8-4-2-5-9-19)16-24-28-29-25(34(24)31-26)20-10-6-3-7-11-20/h2-11,16,18,21H,12-15,17H2,1H3. The molecule has 35 heavy (non-hydrogen) atoms. The van der Waals surface area contributed by atoms with Crippen LogP contribution in [0.2, 0.25) is 0 Å². The Labute approximate surface area is 203 Å². The van der Waals surface area contributed by atoms with Gasteiger partial charge in [0.05, 0.1) is 6.04 Å². The smallest absolute Gasteiger partial charge is 0.240 e. The van der Waals surface area contributed by atoms with E-state index < -0.39 is 0 Å². The van der Waals surface area contributed by atoms with Crippen LogP contribution in [0.5, 0.6) is 5.88 Å². The van der Waals surface area contributed by atoms with E-state index >= 15 is 0 Å². The van der Waals surface area contributed by atoms with Gasteiger partial charge >= 0.3 is 0 Å². The number of piperidine rings is 1. The summed E-state index contributed by atoms with van der Waals surface area (Å²) in [7, 11) is 2.16. The minimum Gasteiger partial charge on any atom is -0.468 e. The van der Waals surface area contributed by atoms with Crippen molar-refractivity contribution in [3.05, 3.63) is 78.9 Å². The molecule has 9 heteroatoms. The third kappa shape index (κ3) is 4.38. The number of fused-ring (bicyclic) bond motifs is 1. The zero-order chi connectivity index (χ0) is 23.6. The Morgan fingerprint density at radius 2 is 1.60 bits per heavy atom. The first-order valence-corrected chi connectivity index (χ1v) is 11.8. The fourth-order valence-electron chi connectivity index (χ4n) is 4.46. The van der Waals surface area contributed by atoms with Crippen molar-refractivity contribution in [1.82, 2.24) is 39.5 Å². The monoisotopic (exact) mass is 466 g/mol. The van der Waals surface area contributed by atoms with Gasteiger partial charge in [0.15, 0.2) is 23.9 Å². The summed E-state index contributed by atoms with van der Waals surface area (Å²) in [6, 6.07) is 22.3. The zero-order valence-electron chi connectivity index (χ0n) is 19.5. The topological polar surface area (TPSA) is 86.3 Å². The molecule has 5 aromatic rings. The van der Waals surface area contributed by atoms with Gasteiger partial charge in [-0.2, -0.15) is 9.61 Å². The number of ether oxygens (including phenoxy) is 1. The quantitative estimate of drug-likeness (QED) is 0.375. The molecular formula is C26H26N8O. The molecule has 1 saturated heterocycles. The number of aromatic nitrogens is 7. The molecule has 3 aromatic heterocycles. The average molecular weight is 467 g/mol. The average Bonchev–Trinajstić information content (AvgIpc) is 3.55. The van der Waals surface area contributed by atoms with Gasteiger partial charge in [-0.1, -0.05) is 60.7 Å². The van der Waals surface area contributed by atoms with Gasteiger partial charge in [-0.05, 0) is 44.6 Å². The predicted molar refractivity (Wildman–Crippen MR) is 132 cm³/mol. The van der Waals surface area contributed by atoms with Crippen LogP contribution in [0.1, 0.15) is 24.7 Å². The maximum Gasteiger partial charge on any atom is 0.240 e. The van der Waals surface area contributed by atoms with Crippen LogP contribution < -0.4 is 4.74 Å². The van der Waals surface area contributed by atoms with Crippen LogP contribution >= 0.6 is 0 Å². The molecule has 1 fully saturated rings. The SMILES string of the molecule is CN1CCC(n2cnc(COc3nn4c(-c5ccccc5)nnc4cc3-c3ccccc3)n2)CC1. The molecule has 6 rings (SSSR count). The normalized spacial score (nSPS) is 15.0. The van der Waals surface area contributed by atoms with Crippen LogP contribution in [0.15, 0.2) is 73.1 Å². The summed E-state index contributed by atoms with van der Waals surface area (Å²) in [6.07, 6.45) is 3.97. The second kappa shape index (κ2) is 9.27. The summed E-state index contributed by atoms with van der Waals surface area (Å²) in [6.45, 7) is 2.37. The van der Waals surface area contributed by atoms with Crippen molar-refractivity contribution >= 4 is 5.65 Å². The van der Waals surface area contributed by atoms with Crippen molar-refractivity contribution < 1.29 is 4.74 Å².